The number of benzene rings is 2. The minimum absolute atomic E-state index is 0.0709. The van der Waals surface area contributed by atoms with Gasteiger partial charge in [0.25, 0.3) is 0 Å². The van der Waals surface area contributed by atoms with Crippen molar-refractivity contribution in [3.05, 3.63) is 64.0 Å². The number of aryl methyl sites for hydroxylation is 1. The van der Waals surface area contributed by atoms with Crippen molar-refractivity contribution in [3.63, 3.8) is 0 Å². The summed E-state index contributed by atoms with van der Waals surface area (Å²) in [7, 11) is 1.75. The second-order valence-electron chi connectivity index (χ2n) is 4.15. The third-order valence-corrected chi connectivity index (χ3v) is 3.27. The molecule has 0 aliphatic carbocycles. The van der Waals surface area contributed by atoms with Crippen LogP contribution in [0.1, 0.15) is 0 Å². The van der Waals surface area contributed by atoms with E-state index in [9.17, 15) is 4.79 Å². The van der Waals surface area contributed by atoms with Crippen LogP contribution in [0.15, 0.2) is 53.3 Å². The summed E-state index contributed by atoms with van der Waals surface area (Å²) in [6.45, 7) is 0. The van der Waals surface area contributed by atoms with Crippen LogP contribution in [0.5, 0.6) is 0 Å². The zero-order valence-corrected chi connectivity index (χ0v) is 10.6. The second kappa shape index (κ2) is 4.03. The average Bonchev–Trinajstić information content (AvgIpc) is 2.64. The van der Waals surface area contributed by atoms with Gasteiger partial charge < -0.3 is 0 Å². The summed E-state index contributed by atoms with van der Waals surface area (Å²) in [5.74, 6) is 0. The molecule has 3 aromatic rings. The number of nitrogens with zero attached hydrogens (tertiary/aromatic N) is 2. The maximum absolute atomic E-state index is 12.3. The Labute approximate surface area is 109 Å². The van der Waals surface area contributed by atoms with E-state index in [0.717, 1.165) is 16.7 Å². The number of rotatable bonds is 1. The van der Waals surface area contributed by atoms with Crippen LogP contribution >= 0.6 is 11.6 Å². The van der Waals surface area contributed by atoms with Crippen LogP contribution in [-0.4, -0.2) is 9.13 Å². The van der Waals surface area contributed by atoms with E-state index in [1.165, 1.54) is 0 Å². The molecule has 0 spiro atoms. The molecule has 0 bridgehead atoms. The van der Waals surface area contributed by atoms with Crippen molar-refractivity contribution in [3.8, 4) is 5.69 Å². The summed E-state index contributed by atoms with van der Waals surface area (Å²) in [5.41, 5.74) is 2.48. The van der Waals surface area contributed by atoms with Crippen molar-refractivity contribution in [1.82, 2.24) is 9.13 Å². The molecule has 1 aromatic heterocycles. The van der Waals surface area contributed by atoms with E-state index in [1.54, 1.807) is 28.3 Å². The molecule has 3 rings (SSSR count). The van der Waals surface area contributed by atoms with Gasteiger partial charge in [0, 0.05) is 12.1 Å². The van der Waals surface area contributed by atoms with Crippen molar-refractivity contribution < 1.29 is 0 Å². The van der Waals surface area contributed by atoms with Crippen LogP contribution in [-0.2, 0) is 7.05 Å². The first kappa shape index (κ1) is 11.1. The molecule has 0 fully saturated rings. The van der Waals surface area contributed by atoms with Crippen LogP contribution in [0, 0.1) is 0 Å². The topological polar surface area (TPSA) is 26.9 Å². The monoisotopic (exact) mass is 258 g/mol. The van der Waals surface area contributed by atoms with Crippen LogP contribution in [0.4, 0.5) is 0 Å². The molecule has 0 aliphatic rings. The van der Waals surface area contributed by atoms with Crippen molar-refractivity contribution in [2.24, 2.45) is 7.05 Å². The highest BCUT2D eigenvalue weighted by atomic mass is 35.5. The summed E-state index contributed by atoms with van der Waals surface area (Å²) >= 11 is 5.97. The van der Waals surface area contributed by atoms with Crippen molar-refractivity contribution in [1.29, 1.82) is 0 Å². The van der Waals surface area contributed by atoms with Gasteiger partial charge in [-0.05, 0) is 30.3 Å². The lowest BCUT2D eigenvalue weighted by Crippen LogP contribution is -2.20. The molecule has 0 radical (unpaired) electrons. The fraction of sp³-hybridized carbons (Fsp3) is 0.0714. The second-order valence-corrected chi connectivity index (χ2v) is 4.58. The largest absolute Gasteiger partial charge is 0.333 e. The molecule has 4 heteroatoms. The Bertz CT molecular complexity index is 772. The summed E-state index contributed by atoms with van der Waals surface area (Å²) in [6.07, 6.45) is 0. The first-order chi connectivity index (χ1) is 8.68. The van der Waals surface area contributed by atoms with E-state index in [-0.39, 0.29) is 5.69 Å². The number of para-hydroxylation sites is 1. The standard InChI is InChI=1S/C14H11ClN2O/c1-16-13-9-10(15)7-8-12(13)17(14(16)18)11-5-3-2-4-6-11/h2-9H,1H3. The molecule has 18 heavy (non-hydrogen) atoms. The minimum Gasteiger partial charge on any atom is -0.295 e. The van der Waals surface area contributed by atoms with E-state index in [0.29, 0.717) is 5.02 Å². The predicted octanol–water partition coefficient (Wildman–Crippen LogP) is 2.98. The number of hydrogen-bond acceptors (Lipinski definition) is 1. The van der Waals surface area contributed by atoms with Crippen LogP contribution in [0.3, 0.4) is 0 Å². The summed E-state index contributed by atoms with van der Waals surface area (Å²) in [6, 6.07) is 15.0. The van der Waals surface area contributed by atoms with Gasteiger partial charge in [-0.25, -0.2) is 4.79 Å². The molecule has 0 unspecified atom stereocenters. The Balaban J connectivity index is 2.44. The average molecular weight is 259 g/mol. The molecule has 0 atom stereocenters. The lowest BCUT2D eigenvalue weighted by molar-refractivity contribution is 0.846. The summed E-state index contributed by atoms with van der Waals surface area (Å²) in [5, 5.41) is 0.628. The third kappa shape index (κ3) is 1.56. The van der Waals surface area contributed by atoms with Gasteiger partial charge in [0.1, 0.15) is 0 Å². The Morgan fingerprint density at radius 1 is 1.00 bits per heavy atom. The zero-order valence-electron chi connectivity index (χ0n) is 9.80. The van der Waals surface area contributed by atoms with E-state index in [4.69, 9.17) is 11.6 Å². The van der Waals surface area contributed by atoms with Crippen molar-refractivity contribution >= 4 is 22.6 Å². The van der Waals surface area contributed by atoms with Crippen LogP contribution in [0.2, 0.25) is 5.02 Å². The van der Waals surface area contributed by atoms with Gasteiger partial charge in [0.2, 0.25) is 0 Å². The summed E-state index contributed by atoms with van der Waals surface area (Å²) in [4.78, 5) is 12.3. The highest BCUT2D eigenvalue weighted by Gasteiger charge is 2.11. The Kier molecular flexibility index (Phi) is 2.49. The number of fused-ring (bicyclic) bond motifs is 1. The Hall–Kier alpha value is -2.00. The molecule has 0 aliphatic heterocycles. The van der Waals surface area contributed by atoms with E-state index >= 15 is 0 Å². The lowest BCUT2D eigenvalue weighted by Gasteiger charge is -2.02. The fourth-order valence-electron chi connectivity index (χ4n) is 2.14. The van der Waals surface area contributed by atoms with E-state index < -0.39 is 0 Å². The first-order valence-electron chi connectivity index (χ1n) is 5.61. The molecule has 2 aromatic carbocycles. The van der Waals surface area contributed by atoms with Gasteiger partial charge in [-0.2, -0.15) is 0 Å². The fourth-order valence-corrected chi connectivity index (χ4v) is 2.30. The smallest absolute Gasteiger partial charge is 0.295 e. The summed E-state index contributed by atoms with van der Waals surface area (Å²) < 4.78 is 3.29. The van der Waals surface area contributed by atoms with Gasteiger partial charge in [0.15, 0.2) is 0 Å². The van der Waals surface area contributed by atoms with Gasteiger partial charge in [0.05, 0.1) is 16.7 Å². The molecule has 0 amide bonds. The van der Waals surface area contributed by atoms with Gasteiger partial charge in [-0.3, -0.25) is 9.13 Å². The molecule has 0 N–H and O–H groups in total. The normalized spacial score (nSPS) is 11.0. The van der Waals surface area contributed by atoms with Crippen molar-refractivity contribution in [2.75, 3.05) is 0 Å². The molecule has 90 valence electrons. The Morgan fingerprint density at radius 2 is 1.72 bits per heavy atom. The molecule has 3 nitrogen and oxygen atoms in total. The van der Waals surface area contributed by atoms with Gasteiger partial charge >= 0.3 is 5.69 Å². The SMILES string of the molecule is Cn1c(=O)n(-c2ccccc2)c2ccc(Cl)cc21. The zero-order chi connectivity index (χ0) is 12.7. The van der Waals surface area contributed by atoms with E-state index in [1.807, 2.05) is 36.4 Å². The van der Waals surface area contributed by atoms with E-state index in [2.05, 4.69) is 0 Å². The highest BCUT2D eigenvalue weighted by molar-refractivity contribution is 6.31. The molecular formula is C14H11ClN2O. The number of hydrogen-bond donors (Lipinski definition) is 0. The van der Waals surface area contributed by atoms with Gasteiger partial charge in [-0.1, -0.05) is 29.8 Å². The third-order valence-electron chi connectivity index (χ3n) is 3.03. The Morgan fingerprint density at radius 3 is 2.44 bits per heavy atom. The number of halogens is 1. The minimum atomic E-state index is -0.0709. The first-order valence-corrected chi connectivity index (χ1v) is 5.99. The number of imidazole rings is 1. The highest BCUT2D eigenvalue weighted by Crippen LogP contribution is 2.20. The molecule has 0 saturated heterocycles. The van der Waals surface area contributed by atoms with Crippen LogP contribution in [0.25, 0.3) is 16.7 Å². The quantitative estimate of drug-likeness (QED) is 0.659. The predicted molar refractivity (Wildman–Crippen MR) is 73.5 cm³/mol. The lowest BCUT2D eigenvalue weighted by atomic mass is 10.3. The maximum Gasteiger partial charge on any atom is 0.333 e. The maximum atomic E-state index is 12.3. The molecular weight excluding hydrogens is 248 g/mol. The van der Waals surface area contributed by atoms with Crippen LogP contribution < -0.4 is 5.69 Å². The molecule has 1 heterocycles. The van der Waals surface area contributed by atoms with Crippen molar-refractivity contribution in [2.45, 2.75) is 0 Å². The molecule has 0 saturated carbocycles. The number of aromatic nitrogens is 2. The van der Waals surface area contributed by atoms with Gasteiger partial charge in [-0.15, -0.1) is 0 Å².